The van der Waals surface area contributed by atoms with Crippen molar-refractivity contribution in [3.63, 3.8) is 0 Å². The fraction of sp³-hybridized carbons (Fsp3) is 0.647. The fourth-order valence-corrected chi connectivity index (χ4v) is 3.94. The first kappa shape index (κ1) is 13.9. The van der Waals surface area contributed by atoms with Crippen LogP contribution in [-0.2, 0) is 0 Å². The molecule has 0 aliphatic carbocycles. The van der Waals surface area contributed by atoms with Crippen LogP contribution in [0.1, 0.15) is 44.3 Å². The summed E-state index contributed by atoms with van der Waals surface area (Å²) in [4.78, 5) is 2.51. The zero-order valence-corrected chi connectivity index (χ0v) is 12.5. The maximum Gasteiger partial charge on any atom is 0.119 e. The molecule has 3 heteroatoms. The van der Waals surface area contributed by atoms with Crippen molar-refractivity contribution in [2.75, 3.05) is 13.7 Å². The first-order chi connectivity index (χ1) is 9.69. The standard InChI is InChI=1S/C17H25NO2/c1-3-20-16-6-4-5-12(11-16)17(19)13-9-14-7-8-15(10-13)18(14)2/h4-6,11,13-15,17,19H,3,7-10H2,1-2H3. The predicted molar refractivity (Wildman–Crippen MR) is 79.9 cm³/mol. The lowest BCUT2D eigenvalue weighted by Gasteiger charge is -2.38. The summed E-state index contributed by atoms with van der Waals surface area (Å²) in [7, 11) is 2.24. The van der Waals surface area contributed by atoms with E-state index in [-0.39, 0.29) is 6.10 Å². The molecule has 0 aromatic heterocycles. The number of benzene rings is 1. The summed E-state index contributed by atoms with van der Waals surface area (Å²) in [6, 6.07) is 9.29. The number of aliphatic hydroxyl groups excluding tert-OH is 1. The van der Waals surface area contributed by atoms with Gasteiger partial charge in [0.05, 0.1) is 12.7 Å². The number of hydrogen-bond acceptors (Lipinski definition) is 3. The van der Waals surface area contributed by atoms with Gasteiger partial charge in [0.1, 0.15) is 5.75 Å². The van der Waals surface area contributed by atoms with Gasteiger partial charge in [0, 0.05) is 12.1 Å². The Morgan fingerprint density at radius 2 is 2.00 bits per heavy atom. The smallest absolute Gasteiger partial charge is 0.119 e. The predicted octanol–water partition coefficient (Wildman–Crippen LogP) is 2.99. The highest BCUT2D eigenvalue weighted by molar-refractivity contribution is 5.30. The first-order valence-electron chi connectivity index (χ1n) is 7.81. The molecule has 0 spiro atoms. The second-order valence-electron chi connectivity index (χ2n) is 6.23. The van der Waals surface area contributed by atoms with Crippen LogP contribution in [0.2, 0.25) is 0 Å². The van der Waals surface area contributed by atoms with Crippen molar-refractivity contribution < 1.29 is 9.84 Å². The molecule has 0 radical (unpaired) electrons. The van der Waals surface area contributed by atoms with Crippen LogP contribution in [0.15, 0.2) is 24.3 Å². The van der Waals surface area contributed by atoms with Gasteiger partial charge < -0.3 is 14.7 Å². The van der Waals surface area contributed by atoms with Crippen LogP contribution in [-0.4, -0.2) is 35.7 Å². The Kier molecular flexibility index (Phi) is 3.99. The van der Waals surface area contributed by atoms with Crippen LogP contribution in [0.25, 0.3) is 0 Å². The van der Waals surface area contributed by atoms with E-state index in [4.69, 9.17) is 4.74 Å². The Hall–Kier alpha value is -1.06. The number of rotatable bonds is 4. The van der Waals surface area contributed by atoms with Gasteiger partial charge in [-0.15, -0.1) is 0 Å². The van der Waals surface area contributed by atoms with Crippen molar-refractivity contribution in [2.24, 2.45) is 5.92 Å². The van der Waals surface area contributed by atoms with Crippen molar-refractivity contribution in [3.8, 4) is 5.75 Å². The maximum atomic E-state index is 10.7. The Morgan fingerprint density at radius 1 is 1.30 bits per heavy atom. The normalized spacial score (nSPS) is 31.2. The Labute approximate surface area is 121 Å². The second kappa shape index (κ2) is 5.74. The van der Waals surface area contributed by atoms with Crippen molar-refractivity contribution >= 4 is 0 Å². The third kappa shape index (κ3) is 2.57. The lowest BCUT2D eigenvalue weighted by atomic mass is 9.84. The molecule has 2 fully saturated rings. The van der Waals surface area contributed by atoms with E-state index < -0.39 is 0 Å². The Balaban J connectivity index is 1.72. The Bertz CT molecular complexity index is 448. The van der Waals surface area contributed by atoms with Gasteiger partial charge in [-0.05, 0) is 63.3 Å². The van der Waals surface area contributed by atoms with Crippen molar-refractivity contribution in [3.05, 3.63) is 29.8 Å². The van der Waals surface area contributed by atoms with Crippen LogP contribution >= 0.6 is 0 Å². The van der Waals surface area contributed by atoms with Crippen LogP contribution < -0.4 is 4.74 Å². The third-order valence-electron chi connectivity index (χ3n) is 5.09. The van der Waals surface area contributed by atoms with Gasteiger partial charge in [-0.3, -0.25) is 0 Å². The molecular weight excluding hydrogens is 250 g/mol. The summed E-state index contributed by atoms with van der Waals surface area (Å²) < 4.78 is 5.54. The molecule has 2 saturated heterocycles. The van der Waals surface area contributed by atoms with Gasteiger partial charge in [-0.2, -0.15) is 0 Å². The zero-order valence-electron chi connectivity index (χ0n) is 12.5. The van der Waals surface area contributed by atoms with Gasteiger partial charge >= 0.3 is 0 Å². The lowest BCUT2D eigenvalue weighted by molar-refractivity contribution is 0.0355. The molecule has 2 aliphatic rings. The zero-order chi connectivity index (χ0) is 14.1. The number of fused-ring (bicyclic) bond motifs is 2. The van der Waals surface area contributed by atoms with Gasteiger partial charge in [-0.25, -0.2) is 0 Å². The van der Waals surface area contributed by atoms with Gasteiger partial charge in [0.25, 0.3) is 0 Å². The summed E-state index contributed by atoms with van der Waals surface area (Å²) >= 11 is 0. The quantitative estimate of drug-likeness (QED) is 0.917. The molecule has 1 aromatic rings. The van der Waals surface area contributed by atoms with E-state index in [9.17, 15) is 5.11 Å². The fourth-order valence-electron chi connectivity index (χ4n) is 3.94. The molecule has 0 saturated carbocycles. The summed E-state index contributed by atoms with van der Waals surface area (Å²) in [6.07, 6.45) is 4.47. The van der Waals surface area contributed by atoms with Gasteiger partial charge in [0.15, 0.2) is 0 Å². The molecule has 20 heavy (non-hydrogen) atoms. The molecule has 3 unspecified atom stereocenters. The molecule has 110 valence electrons. The summed E-state index contributed by atoms with van der Waals surface area (Å²) in [6.45, 7) is 2.65. The van der Waals surface area contributed by atoms with Crippen LogP contribution in [0.5, 0.6) is 5.75 Å². The van der Waals surface area contributed by atoms with E-state index >= 15 is 0 Å². The van der Waals surface area contributed by atoms with Gasteiger partial charge in [-0.1, -0.05) is 12.1 Å². The number of ether oxygens (including phenoxy) is 1. The Morgan fingerprint density at radius 3 is 2.65 bits per heavy atom. The minimum absolute atomic E-state index is 0.354. The van der Waals surface area contributed by atoms with Crippen LogP contribution in [0.4, 0.5) is 0 Å². The summed E-state index contributed by atoms with van der Waals surface area (Å²) in [5, 5.41) is 10.7. The summed E-state index contributed by atoms with van der Waals surface area (Å²) in [5.41, 5.74) is 1.00. The number of aliphatic hydroxyl groups is 1. The highest BCUT2D eigenvalue weighted by Crippen LogP contribution is 2.42. The van der Waals surface area contributed by atoms with Crippen LogP contribution in [0.3, 0.4) is 0 Å². The third-order valence-corrected chi connectivity index (χ3v) is 5.09. The second-order valence-corrected chi connectivity index (χ2v) is 6.23. The lowest BCUT2D eigenvalue weighted by Crippen LogP contribution is -2.41. The monoisotopic (exact) mass is 275 g/mol. The highest BCUT2D eigenvalue weighted by atomic mass is 16.5. The van der Waals surface area contributed by atoms with Crippen molar-refractivity contribution in [1.82, 2.24) is 4.90 Å². The topological polar surface area (TPSA) is 32.7 Å². The molecule has 3 nitrogen and oxygen atoms in total. The minimum Gasteiger partial charge on any atom is -0.494 e. The maximum absolute atomic E-state index is 10.7. The summed E-state index contributed by atoms with van der Waals surface area (Å²) in [5.74, 6) is 1.25. The van der Waals surface area contributed by atoms with E-state index in [1.165, 1.54) is 12.8 Å². The molecule has 3 atom stereocenters. The molecule has 2 bridgehead atoms. The van der Waals surface area contributed by atoms with E-state index in [0.717, 1.165) is 24.2 Å². The molecule has 2 aliphatic heterocycles. The van der Waals surface area contributed by atoms with E-state index in [1.807, 2.05) is 31.2 Å². The highest BCUT2D eigenvalue weighted by Gasteiger charge is 2.40. The molecule has 0 amide bonds. The van der Waals surface area contributed by atoms with Gasteiger partial charge in [0.2, 0.25) is 0 Å². The number of nitrogens with zero attached hydrogens (tertiary/aromatic N) is 1. The van der Waals surface area contributed by atoms with Crippen LogP contribution in [0, 0.1) is 5.92 Å². The first-order valence-corrected chi connectivity index (χ1v) is 7.81. The van der Waals surface area contributed by atoms with E-state index in [1.54, 1.807) is 0 Å². The molecule has 2 heterocycles. The average molecular weight is 275 g/mol. The van der Waals surface area contributed by atoms with Crippen molar-refractivity contribution in [1.29, 1.82) is 0 Å². The SMILES string of the molecule is CCOc1cccc(C(O)C2CC3CCC(C2)N3C)c1. The largest absolute Gasteiger partial charge is 0.494 e. The molecule has 1 N–H and O–H groups in total. The molecule has 1 aromatic carbocycles. The number of hydrogen-bond donors (Lipinski definition) is 1. The average Bonchev–Trinajstić information content (AvgIpc) is 2.68. The van der Waals surface area contributed by atoms with Crippen molar-refractivity contribution in [2.45, 2.75) is 50.8 Å². The molecular formula is C17H25NO2. The minimum atomic E-state index is -0.354. The molecule has 3 rings (SSSR count). The number of piperidine rings is 1. The van der Waals surface area contributed by atoms with E-state index in [0.29, 0.717) is 24.6 Å². The van der Waals surface area contributed by atoms with E-state index in [2.05, 4.69) is 11.9 Å².